The molecule has 2 atom stereocenters. The summed E-state index contributed by atoms with van der Waals surface area (Å²) in [4.78, 5) is 17.2. The number of aromatic nitrogens is 2. The highest BCUT2D eigenvalue weighted by Crippen LogP contribution is 2.32. The van der Waals surface area contributed by atoms with Crippen LogP contribution in [0.15, 0.2) is 53.1 Å². The summed E-state index contributed by atoms with van der Waals surface area (Å²) in [5.74, 6) is 2.13. The summed E-state index contributed by atoms with van der Waals surface area (Å²) in [7, 11) is 3.16. The fourth-order valence-electron chi connectivity index (χ4n) is 3.29. The van der Waals surface area contributed by atoms with Crippen molar-refractivity contribution in [2.24, 2.45) is 5.92 Å². The Labute approximate surface area is 182 Å². The van der Waals surface area contributed by atoms with Gasteiger partial charge in [-0.25, -0.2) is 0 Å². The molecule has 7 heteroatoms. The lowest BCUT2D eigenvalue weighted by atomic mass is 9.98. The molecule has 0 aliphatic rings. The van der Waals surface area contributed by atoms with Crippen molar-refractivity contribution >= 4 is 5.91 Å². The first-order chi connectivity index (χ1) is 15.0. The van der Waals surface area contributed by atoms with E-state index in [9.17, 15) is 4.79 Å². The topological polar surface area (TPSA) is 86.5 Å². The van der Waals surface area contributed by atoms with Gasteiger partial charge >= 0.3 is 0 Å². The maximum Gasteiger partial charge on any atom is 0.249 e. The van der Waals surface area contributed by atoms with Crippen LogP contribution >= 0.6 is 0 Å². The van der Waals surface area contributed by atoms with Gasteiger partial charge in [-0.05, 0) is 36.1 Å². The molecule has 0 radical (unpaired) electrons. The summed E-state index contributed by atoms with van der Waals surface area (Å²) < 4.78 is 16.2. The molecule has 0 fully saturated rings. The molecule has 1 N–H and O–H groups in total. The van der Waals surface area contributed by atoms with Crippen molar-refractivity contribution in [3.8, 4) is 22.9 Å². The predicted octanol–water partition coefficient (Wildman–Crippen LogP) is 4.59. The number of ether oxygens (including phenoxy) is 2. The third kappa shape index (κ3) is 5.63. The van der Waals surface area contributed by atoms with Crippen LogP contribution in [0, 0.1) is 5.92 Å². The van der Waals surface area contributed by atoms with Crippen molar-refractivity contribution in [2.45, 2.75) is 39.2 Å². The molecule has 0 spiro atoms. The molecular weight excluding hydrogens is 394 g/mol. The molecule has 0 aliphatic heterocycles. The minimum Gasteiger partial charge on any atom is -0.493 e. The van der Waals surface area contributed by atoms with Gasteiger partial charge in [0.05, 0.1) is 14.2 Å². The number of hydrogen-bond donors (Lipinski definition) is 1. The van der Waals surface area contributed by atoms with Gasteiger partial charge in [-0.1, -0.05) is 55.8 Å². The largest absolute Gasteiger partial charge is 0.493 e. The van der Waals surface area contributed by atoms with Crippen LogP contribution in [0.5, 0.6) is 11.5 Å². The molecule has 2 aromatic carbocycles. The number of nitrogens with one attached hydrogen (secondary N) is 1. The first-order valence-corrected chi connectivity index (χ1v) is 10.4. The van der Waals surface area contributed by atoms with Gasteiger partial charge in [0.2, 0.25) is 17.6 Å². The van der Waals surface area contributed by atoms with Crippen LogP contribution in [0.3, 0.4) is 0 Å². The Bertz CT molecular complexity index is 987. The van der Waals surface area contributed by atoms with E-state index in [1.54, 1.807) is 26.4 Å². The fourth-order valence-corrected chi connectivity index (χ4v) is 3.29. The van der Waals surface area contributed by atoms with Gasteiger partial charge in [-0.15, -0.1) is 0 Å². The number of carbonyl (C=O) groups excluding carboxylic acids is 1. The second kappa shape index (κ2) is 10.6. The minimum absolute atomic E-state index is 0.0416. The first-order valence-electron chi connectivity index (χ1n) is 10.4. The van der Waals surface area contributed by atoms with E-state index in [4.69, 9.17) is 14.0 Å². The van der Waals surface area contributed by atoms with Crippen LogP contribution in [0.25, 0.3) is 11.4 Å². The number of carbonyl (C=O) groups is 1. The molecular formula is C24H29N3O4. The van der Waals surface area contributed by atoms with Crippen molar-refractivity contribution in [3.05, 3.63) is 60.0 Å². The third-order valence-corrected chi connectivity index (χ3v) is 5.36. The van der Waals surface area contributed by atoms with E-state index in [0.717, 1.165) is 17.5 Å². The number of hydrogen-bond acceptors (Lipinski definition) is 6. The van der Waals surface area contributed by atoms with E-state index in [1.807, 2.05) is 36.4 Å². The van der Waals surface area contributed by atoms with Crippen LogP contribution in [-0.4, -0.2) is 30.3 Å². The zero-order chi connectivity index (χ0) is 22.2. The smallest absolute Gasteiger partial charge is 0.249 e. The van der Waals surface area contributed by atoms with Crippen LogP contribution < -0.4 is 14.8 Å². The summed E-state index contributed by atoms with van der Waals surface area (Å²) in [5, 5.41) is 7.20. The fraction of sp³-hybridized carbons (Fsp3) is 0.375. The molecule has 31 heavy (non-hydrogen) atoms. The number of rotatable bonds is 10. The van der Waals surface area contributed by atoms with Crippen LogP contribution in [0.2, 0.25) is 0 Å². The van der Waals surface area contributed by atoms with Gasteiger partial charge in [0.25, 0.3) is 0 Å². The molecule has 3 aromatic rings. The highest BCUT2D eigenvalue weighted by Gasteiger charge is 2.26. The van der Waals surface area contributed by atoms with Crippen molar-refractivity contribution < 1.29 is 18.8 Å². The summed E-state index contributed by atoms with van der Waals surface area (Å²) in [6.45, 7) is 4.13. The average Bonchev–Trinajstić information content (AvgIpc) is 3.30. The molecule has 1 aromatic heterocycles. The van der Waals surface area contributed by atoms with E-state index in [1.165, 1.54) is 0 Å². The molecule has 0 saturated carbocycles. The Morgan fingerprint density at radius 3 is 2.52 bits per heavy atom. The van der Waals surface area contributed by atoms with Gasteiger partial charge < -0.3 is 19.3 Å². The molecule has 0 bridgehead atoms. The molecule has 0 aliphatic carbocycles. The van der Waals surface area contributed by atoms with Gasteiger partial charge in [0.1, 0.15) is 6.04 Å². The Hall–Kier alpha value is -3.35. The normalized spacial score (nSPS) is 12.8. The maximum atomic E-state index is 12.6. The molecule has 3 rings (SSSR count). The summed E-state index contributed by atoms with van der Waals surface area (Å²) in [6, 6.07) is 15.0. The standard InChI is InChI=1S/C24H29N3O4/c1-5-16(2)22(25-21(28)14-11-17-9-7-6-8-10-17)24-26-23(27-31-24)18-12-13-19(29-3)20(15-18)30-4/h6-10,12-13,15-16,22H,5,11,14H2,1-4H3,(H,25,28). The lowest BCUT2D eigenvalue weighted by Crippen LogP contribution is -2.32. The van der Waals surface area contributed by atoms with E-state index in [-0.39, 0.29) is 17.9 Å². The van der Waals surface area contributed by atoms with E-state index in [0.29, 0.717) is 36.1 Å². The molecule has 1 heterocycles. The summed E-state index contributed by atoms with van der Waals surface area (Å²) in [6.07, 6.45) is 1.94. The number of nitrogens with zero attached hydrogens (tertiary/aromatic N) is 2. The van der Waals surface area contributed by atoms with Crippen molar-refractivity contribution in [1.82, 2.24) is 15.5 Å². The Balaban J connectivity index is 1.74. The Morgan fingerprint density at radius 2 is 1.84 bits per heavy atom. The lowest BCUT2D eigenvalue weighted by molar-refractivity contribution is -0.122. The quantitative estimate of drug-likeness (QED) is 0.513. The highest BCUT2D eigenvalue weighted by atomic mass is 16.5. The highest BCUT2D eigenvalue weighted by molar-refractivity contribution is 5.76. The lowest BCUT2D eigenvalue weighted by Gasteiger charge is -2.20. The molecule has 7 nitrogen and oxygen atoms in total. The van der Waals surface area contributed by atoms with E-state index in [2.05, 4.69) is 29.3 Å². The van der Waals surface area contributed by atoms with E-state index < -0.39 is 0 Å². The maximum absolute atomic E-state index is 12.6. The average molecular weight is 424 g/mol. The number of aryl methyl sites for hydroxylation is 1. The van der Waals surface area contributed by atoms with Crippen LogP contribution in [0.4, 0.5) is 0 Å². The van der Waals surface area contributed by atoms with Crippen molar-refractivity contribution in [1.29, 1.82) is 0 Å². The van der Waals surface area contributed by atoms with Gasteiger partial charge in [0.15, 0.2) is 11.5 Å². The molecule has 1 amide bonds. The predicted molar refractivity (Wildman–Crippen MR) is 118 cm³/mol. The van der Waals surface area contributed by atoms with Crippen molar-refractivity contribution in [3.63, 3.8) is 0 Å². The van der Waals surface area contributed by atoms with Crippen molar-refractivity contribution in [2.75, 3.05) is 14.2 Å². The Morgan fingerprint density at radius 1 is 1.10 bits per heavy atom. The number of methoxy groups -OCH3 is 2. The zero-order valence-corrected chi connectivity index (χ0v) is 18.4. The first kappa shape index (κ1) is 22.3. The summed E-state index contributed by atoms with van der Waals surface area (Å²) in [5.41, 5.74) is 1.87. The number of amides is 1. The van der Waals surface area contributed by atoms with Gasteiger partial charge in [0, 0.05) is 12.0 Å². The van der Waals surface area contributed by atoms with Crippen LogP contribution in [-0.2, 0) is 11.2 Å². The molecule has 164 valence electrons. The minimum atomic E-state index is -0.352. The van der Waals surface area contributed by atoms with Crippen LogP contribution in [0.1, 0.15) is 44.2 Å². The summed E-state index contributed by atoms with van der Waals surface area (Å²) >= 11 is 0. The SMILES string of the molecule is CCC(C)C(NC(=O)CCc1ccccc1)c1nc(-c2ccc(OC)c(OC)c2)no1. The second-order valence-corrected chi connectivity index (χ2v) is 7.44. The third-order valence-electron chi connectivity index (χ3n) is 5.36. The molecule has 0 saturated heterocycles. The van der Waals surface area contributed by atoms with Gasteiger partial charge in [-0.2, -0.15) is 4.98 Å². The zero-order valence-electron chi connectivity index (χ0n) is 18.4. The van der Waals surface area contributed by atoms with E-state index >= 15 is 0 Å². The molecule has 2 unspecified atom stereocenters. The monoisotopic (exact) mass is 423 g/mol. The van der Waals surface area contributed by atoms with Gasteiger partial charge in [-0.3, -0.25) is 4.79 Å². The Kier molecular flexibility index (Phi) is 7.65. The second-order valence-electron chi connectivity index (χ2n) is 7.44. The number of benzene rings is 2.